The SMILES string of the molecule is NC[C@@H]1OCCc2c(-c3cnco3)cccc21. The predicted molar refractivity (Wildman–Crippen MR) is 63.4 cm³/mol. The van der Waals surface area contributed by atoms with Gasteiger partial charge in [-0.3, -0.25) is 0 Å². The smallest absolute Gasteiger partial charge is 0.181 e. The van der Waals surface area contributed by atoms with Crippen LogP contribution < -0.4 is 5.73 Å². The number of rotatable bonds is 2. The van der Waals surface area contributed by atoms with Gasteiger partial charge in [-0.15, -0.1) is 0 Å². The van der Waals surface area contributed by atoms with Gasteiger partial charge >= 0.3 is 0 Å². The van der Waals surface area contributed by atoms with E-state index in [1.807, 2.05) is 6.07 Å². The molecule has 4 heteroatoms. The van der Waals surface area contributed by atoms with Crippen molar-refractivity contribution in [1.29, 1.82) is 0 Å². The van der Waals surface area contributed by atoms with Crippen molar-refractivity contribution < 1.29 is 9.15 Å². The van der Waals surface area contributed by atoms with Gasteiger partial charge in [0.1, 0.15) is 0 Å². The maximum atomic E-state index is 5.73. The van der Waals surface area contributed by atoms with E-state index in [0.717, 1.165) is 17.7 Å². The van der Waals surface area contributed by atoms with Crippen LogP contribution in [0.5, 0.6) is 0 Å². The van der Waals surface area contributed by atoms with Crippen LogP contribution in [0.25, 0.3) is 11.3 Å². The number of aromatic nitrogens is 1. The average molecular weight is 230 g/mol. The molecule has 3 rings (SSSR count). The van der Waals surface area contributed by atoms with Crippen LogP contribution in [-0.2, 0) is 11.2 Å². The summed E-state index contributed by atoms with van der Waals surface area (Å²) in [6.07, 6.45) is 4.08. The topological polar surface area (TPSA) is 61.3 Å². The van der Waals surface area contributed by atoms with Crippen molar-refractivity contribution in [2.45, 2.75) is 12.5 Å². The van der Waals surface area contributed by atoms with Crippen LogP contribution in [0, 0.1) is 0 Å². The molecule has 0 bridgehead atoms. The van der Waals surface area contributed by atoms with E-state index in [-0.39, 0.29) is 6.10 Å². The summed E-state index contributed by atoms with van der Waals surface area (Å²) < 4.78 is 11.0. The quantitative estimate of drug-likeness (QED) is 0.856. The van der Waals surface area contributed by atoms with Crippen LogP contribution >= 0.6 is 0 Å². The van der Waals surface area contributed by atoms with Gasteiger partial charge in [-0.05, 0) is 17.5 Å². The zero-order valence-corrected chi connectivity index (χ0v) is 9.43. The molecule has 1 aromatic carbocycles. The van der Waals surface area contributed by atoms with Crippen LogP contribution in [0.2, 0.25) is 0 Å². The zero-order chi connectivity index (χ0) is 11.7. The van der Waals surface area contributed by atoms with Gasteiger partial charge in [0.05, 0.1) is 18.9 Å². The molecule has 0 radical (unpaired) electrons. The summed E-state index contributed by atoms with van der Waals surface area (Å²) in [6.45, 7) is 1.22. The fraction of sp³-hybridized carbons (Fsp3) is 0.308. The van der Waals surface area contributed by atoms with E-state index in [9.17, 15) is 0 Å². The van der Waals surface area contributed by atoms with Gasteiger partial charge in [0.25, 0.3) is 0 Å². The molecule has 1 aromatic heterocycles. The molecule has 4 nitrogen and oxygen atoms in total. The number of oxazole rings is 1. The second-order valence-electron chi connectivity index (χ2n) is 4.08. The Hall–Kier alpha value is -1.65. The van der Waals surface area contributed by atoms with Gasteiger partial charge < -0.3 is 14.9 Å². The molecule has 0 fully saturated rings. The van der Waals surface area contributed by atoms with E-state index >= 15 is 0 Å². The van der Waals surface area contributed by atoms with Crippen molar-refractivity contribution >= 4 is 0 Å². The Kier molecular flexibility index (Phi) is 2.66. The highest BCUT2D eigenvalue weighted by Gasteiger charge is 2.22. The molecule has 0 amide bonds. The Balaban J connectivity index is 2.12. The lowest BCUT2D eigenvalue weighted by Crippen LogP contribution is -2.23. The molecule has 0 aliphatic carbocycles. The van der Waals surface area contributed by atoms with Crippen LogP contribution in [0.4, 0.5) is 0 Å². The zero-order valence-electron chi connectivity index (χ0n) is 9.43. The minimum atomic E-state index is 0.00150. The molecule has 17 heavy (non-hydrogen) atoms. The molecule has 1 aliphatic heterocycles. The van der Waals surface area contributed by atoms with Gasteiger partial charge in [0.15, 0.2) is 12.2 Å². The Morgan fingerprint density at radius 3 is 3.12 bits per heavy atom. The summed E-state index contributed by atoms with van der Waals surface area (Å²) in [4.78, 5) is 3.96. The lowest BCUT2D eigenvalue weighted by atomic mass is 9.92. The summed E-state index contributed by atoms with van der Waals surface area (Å²) in [5, 5.41) is 0. The fourth-order valence-corrected chi connectivity index (χ4v) is 2.35. The third-order valence-corrected chi connectivity index (χ3v) is 3.14. The number of benzene rings is 1. The van der Waals surface area contributed by atoms with Gasteiger partial charge in [-0.2, -0.15) is 0 Å². The van der Waals surface area contributed by atoms with Crippen LogP contribution in [-0.4, -0.2) is 18.1 Å². The summed E-state index contributed by atoms with van der Waals surface area (Å²) >= 11 is 0. The normalized spacial score (nSPS) is 19.0. The molecule has 1 aliphatic rings. The molecule has 0 spiro atoms. The van der Waals surface area contributed by atoms with Crippen LogP contribution in [0.15, 0.2) is 35.2 Å². The first-order chi connectivity index (χ1) is 8.40. The maximum absolute atomic E-state index is 5.73. The first-order valence-electron chi connectivity index (χ1n) is 5.72. The van der Waals surface area contributed by atoms with Crippen molar-refractivity contribution in [3.63, 3.8) is 0 Å². The summed E-state index contributed by atoms with van der Waals surface area (Å²) in [5.74, 6) is 0.805. The molecule has 2 aromatic rings. The number of hydrogen-bond acceptors (Lipinski definition) is 4. The first kappa shape index (κ1) is 10.5. The van der Waals surface area contributed by atoms with Crippen molar-refractivity contribution in [2.75, 3.05) is 13.2 Å². The largest absolute Gasteiger partial charge is 0.444 e. The van der Waals surface area contributed by atoms with E-state index in [1.54, 1.807) is 6.20 Å². The van der Waals surface area contributed by atoms with E-state index < -0.39 is 0 Å². The number of nitrogens with two attached hydrogens (primary N) is 1. The molecule has 2 heterocycles. The minimum Gasteiger partial charge on any atom is -0.444 e. The molecular formula is C13H14N2O2. The number of nitrogens with zero attached hydrogens (tertiary/aromatic N) is 1. The Labute approximate surface area is 99.4 Å². The second-order valence-corrected chi connectivity index (χ2v) is 4.08. The highest BCUT2D eigenvalue weighted by molar-refractivity contribution is 5.64. The second kappa shape index (κ2) is 4.31. The van der Waals surface area contributed by atoms with Crippen molar-refractivity contribution in [2.24, 2.45) is 5.73 Å². The third kappa shape index (κ3) is 1.75. The van der Waals surface area contributed by atoms with Crippen molar-refractivity contribution in [3.05, 3.63) is 41.9 Å². The summed E-state index contributed by atoms with van der Waals surface area (Å²) in [6, 6.07) is 6.14. The van der Waals surface area contributed by atoms with E-state index in [4.69, 9.17) is 14.9 Å². The molecule has 0 unspecified atom stereocenters. The fourth-order valence-electron chi connectivity index (χ4n) is 2.35. The minimum absolute atomic E-state index is 0.00150. The molecular weight excluding hydrogens is 216 g/mol. The van der Waals surface area contributed by atoms with Crippen molar-refractivity contribution in [3.8, 4) is 11.3 Å². The Bertz CT molecular complexity index is 508. The van der Waals surface area contributed by atoms with Gasteiger partial charge in [-0.25, -0.2) is 4.98 Å². The highest BCUT2D eigenvalue weighted by atomic mass is 16.5. The average Bonchev–Trinajstić information content (AvgIpc) is 2.91. The molecule has 88 valence electrons. The molecule has 2 N–H and O–H groups in total. The van der Waals surface area contributed by atoms with Crippen LogP contribution in [0.1, 0.15) is 17.2 Å². The summed E-state index contributed by atoms with van der Waals surface area (Å²) in [5.41, 5.74) is 9.27. The number of hydrogen-bond donors (Lipinski definition) is 1. The number of fused-ring (bicyclic) bond motifs is 1. The van der Waals surface area contributed by atoms with Gasteiger partial charge in [0, 0.05) is 12.1 Å². The molecule has 0 saturated carbocycles. The molecule has 0 saturated heterocycles. The lowest BCUT2D eigenvalue weighted by Gasteiger charge is -2.26. The van der Waals surface area contributed by atoms with E-state index in [2.05, 4.69) is 17.1 Å². The van der Waals surface area contributed by atoms with E-state index in [1.165, 1.54) is 17.5 Å². The predicted octanol–water partition coefficient (Wildman–Crippen LogP) is 1.91. The number of ether oxygens (including phenoxy) is 1. The molecule has 1 atom stereocenters. The van der Waals surface area contributed by atoms with Crippen molar-refractivity contribution in [1.82, 2.24) is 4.98 Å². The third-order valence-electron chi connectivity index (χ3n) is 3.14. The Morgan fingerprint density at radius 2 is 2.35 bits per heavy atom. The van der Waals surface area contributed by atoms with Crippen LogP contribution in [0.3, 0.4) is 0 Å². The maximum Gasteiger partial charge on any atom is 0.181 e. The highest BCUT2D eigenvalue weighted by Crippen LogP contribution is 2.33. The summed E-state index contributed by atoms with van der Waals surface area (Å²) in [7, 11) is 0. The van der Waals surface area contributed by atoms with E-state index in [0.29, 0.717) is 13.2 Å². The Morgan fingerprint density at radius 1 is 1.41 bits per heavy atom. The van der Waals surface area contributed by atoms with Gasteiger partial charge in [0.2, 0.25) is 0 Å². The standard InChI is InChI=1S/C13H14N2O2/c14-6-12-10-2-1-3-11(9(10)4-5-16-12)13-7-15-8-17-13/h1-3,7-8,12H,4-6,14H2/t12-/m0/s1. The lowest BCUT2D eigenvalue weighted by molar-refractivity contribution is 0.0486. The first-order valence-corrected chi connectivity index (χ1v) is 5.72. The van der Waals surface area contributed by atoms with Gasteiger partial charge in [-0.1, -0.05) is 18.2 Å². The monoisotopic (exact) mass is 230 g/mol.